The Morgan fingerprint density at radius 2 is 2.18 bits per heavy atom. The summed E-state index contributed by atoms with van der Waals surface area (Å²) < 4.78 is 0. The summed E-state index contributed by atoms with van der Waals surface area (Å²) in [6.45, 7) is 7.15. The van der Waals surface area contributed by atoms with Crippen LogP contribution in [0.5, 0.6) is 0 Å². The molecule has 3 heteroatoms. The lowest BCUT2D eigenvalue weighted by Gasteiger charge is -2.17. The molecule has 1 aromatic rings. The van der Waals surface area contributed by atoms with E-state index in [-0.39, 0.29) is 11.9 Å². The minimum atomic E-state index is -0.0464. The van der Waals surface area contributed by atoms with Gasteiger partial charge in [0, 0.05) is 5.69 Å². The zero-order chi connectivity index (χ0) is 12.4. The molecule has 1 heterocycles. The highest BCUT2D eigenvalue weighted by molar-refractivity contribution is 5.96. The van der Waals surface area contributed by atoms with E-state index in [9.17, 15) is 4.79 Å². The summed E-state index contributed by atoms with van der Waals surface area (Å²) in [6, 6.07) is 5.94. The quantitative estimate of drug-likeness (QED) is 0.821. The first kappa shape index (κ1) is 12.1. The van der Waals surface area contributed by atoms with Gasteiger partial charge >= 0.3 is 0 Å². The monoisotopic (exact) mass is 232 g/mol. The Hall–Kier alpha value is -1.35. The molecule has 2 N–H and O–H groups in total. The Morgan fingerprint density at radius 1 is 1.41 bits per heavy atom. The maximum absolute atomic E-state index is 12.1. The third-order valence-corrected chi connectivity index (χ3v) is 3.68. The van der Waals surface area contributed by atoms with Gasteiger partial charge in [-0.2, -0.15) is 0 Å². The molecule has 2 rings (SSSR count). The molecule has 2 atom stereocenters. The van der Waals surface area contributed by atoms with Crippen LogP contribution in [0.15, 0.2) is 18.2 Å². The van der Waals surface area contributed by atoms with Crippen molar-refractivity contribution in [3.8, 4) is 0 Å². The number of anilines is 1. The molecule has 2 unspecified atom stereocenters. The number of hydrogen-bond donors (Lipinski definition) is 2. The molecule has 1 saturated heterocycles. The van der Waals surface area contributed by atoms with E-state index in [0.717, 1.165) is 24.2 Å². The minimum absolute atomic E-state index is 0.0464. The summed E-state index contributed by atoms with van der Waals surface area (Å²) in [7, 11) is 0. The molecule has 92 valence electrons. The second-order valence-electron chi connectivity index (χ2n) is 4.93. The third kappa shape index (κ3) is 2.50. The van der Waals surface area contributed by atoms with Crippen molar-refractivity contribution in [1.82, 2.24) is 5.32 Å². The number of aryl methyl sites for hydroxylation is 1. The van der Waals surface area contributed by atoms with Gasteiger partial charge < -0.3 is 10.6 Å². The largest absolute Gasteiger partial charge is 0.324 e. The van der Waals surface area contributed by atoms with Crippen molar-refractivity contribution in [2.24, 2.45) is 5.92 Å². The highest BCUT2D eigenvalue weighted by atomic mass is 16.2. The van der Waals surface area contributed by atoms with Crippen LogP contribution in [0.1, 0.15) is 24.5 Å². The highest BCUT2D eigenvalue weighted by Crippen LogP contribution is 2.20. The van der Waals surface area contributed by atoms with Gasteiger partial charge in [-0.1, -0.05) is 19.1 Å². The number of benzene rings is 1. The zero-order valence-corrected chi connectivity index (χ0v) is 10.7. The van der Waals surface area contributed by atoms with E-state index in [2.05, 4.69) is 30.5 Å². The number of nitrogens with one attached hydrogen (secondary N) is 2. The number of amides is 1. The lowest BCUT2D eigenvalue weighted by atomic mass is 10.0. The summed E-state index contributed by atoms with van der Waals surface area (Å²) in [6.07, 6.45) is 1.07. The zero-order valence-electron chi connectivity index (χ0n) is 10.7. The lowest BCUT2D eigenvalue weighted by molar-refractivity contribution is -0.118. The lowest BCUT2D eigenvalue weighted by Crippen LogP contribution is -2.39. The van der Waals surface area contributed by atoms with Crippen LogP contribution in [-0.2, 0) is 4.79 Å². The Bertz CT molecular complexity index is 428. The Labute approximate surface area is 103 Å². The van der Waals surface area contributed by atoms with Crippen LogP contribution >= 0.6 is 0 Å². The standard InChI is InChI=1S/C14H20N2O/c1-9-5-4-6-12(11(9)3)16-14(17)13-10(2)7-8-15-13/h4-6,10,13,15H,7-8H2,1-3H3,(H,16,17). The van der Waals surface area contributed by atoms with Crippen LogP contribution in [0.25, 0.3) is 0 Å². The normalized spacial score (nSPS) is 23.7. The van der Waals surface area contributed by atoms with E-state index < -0.39 is 0 Å². The van der Waals surface area contributed by atoms with E-state index in [1.165, 1.54) is 5.56 Å². The first-order chi connectivity index (χ1) is 8.09. The molecule has 0 bridgehead atoms. The fourth-order valence-corrected chi connectivity index (χ4v) is 2.28. The van der Waals surface area contributed by atoms with E-state index in [1.54, 1.807) is 0 Å². The predicted octanol–water partition coefficient (Wildman–Crippen LogP) is 2.24. The summed E-state index contributed by atoms with van der Waals surface area (Å²) >= 11 is 0. The molecule has 1 fully saturated rings. The van der Waals surface area contributed by atoms with Gasteiger partial charge in [0.1, 0.15) is 0 Å². The van der Waals surface area contributed by atoms with Gasteiger partial charge in [0.2, 0.25) is 5.91 Å². The maximum Gasteiger partial charge on any atom is 0.241 e. The van der Waals surface area contributed by atoms with Crippen LogP contribution in [0, 0.1) is 19.8 Å². The molecule has 0 aromatic heterocycles. The molecule has 17 heavy (non-hydrogen) atoms. The van der Waals surface area contributed by atoms with Gasteiger partial charge in [-0.05, 0) is 49.9 Å². The van der Waals surface area contributed by atoms with Crippen molar-refractivity contribution in [2.45, 2.75) is 33.2 Å². The van der Waals surface area contributed by atoms with Crippen LogP contribution in [0.2, 0.25) is 0 Å². The van der Waals surface area contributed by atoms with Gasteiger partial charge in [0.05, 0.1) is 6.04 Å². The van der Waals surface area contributed by atoms with Gasteiger partial charge in [-0.25, -0.2) is 0 Å². The van der Waals surface area contributed by atoms with Crippen molar-refractivity contribution >= 4 is 11.6 Å². The summed E-state index contributed by atoms with van der Waals surface area (Å²) in [4.78, 5) is 12.1. The average molecular weight is 232 g/mol. The van der Waals surface area contributed by atoms with E-state index in [0.29, 0.717) is 5.92 Å². The molecule has 0 spiro atoms. The van der Waals surface area contributed by atoms with Gasteiger partial charge in [0.25, 0.3) is 0 Å². The fourth-order valence-electron chi connectivity index (χ4n) is 2.28. The van der Waals surface area contributed by atoms with Crippen LogP contribution in [-0.4, -0.2) is 18.5 Å². The average Bonchev–Trinajstić information content (AvgIpc) is 2.71. The third-order valence-electron chi connectivity index (χ3n) is 3.68. The van der Waals surface area contributed by atoms with Crippen molar-refractivity contribution in [3.05, 3.63) is 29.3 Å². The van der Waals surface area contributed by atoms with E-state index in [4.69, 9.17) is 0 Å². The molecule has 1 aromatic carbocycles. The first-order valence-electron chi connectivity index (χ1n) is 6.20. The molecule has 1 amide bonds. The SMILES string of the molecule is Cc1cccc(NC(=O)C2NCCC2C)c1C. The van der Waals surface area contributed by atoms with Crippen molar-refractivity contribution in [2.75, 3.05) is 11.9 Å². The Balaban J connectivity index is 2.10. The maximum atomic E-state index is 12.1. The molecular weight excluding hydrogens is 212 g/mol. The number of carbonyl (C=O) groups is 1. The van der Waals surface area contributed by atoms with E-state index in [1.807, 2.05) is 19.1 Å². The Morgan fingerprint density at radius 3 is 2.82 bits per heavy atom. The molecule has 1 aliphatic heterocycles. The second-order valence-corrected chi connectivity index (χ2v) is 4.93. The fraction of sp³-hybridized carbons (Fsp3) is 0.500. The van der Waals surface area contributed by atoms with Crippen LogP contribution < -0.4 is 10.6 Å². The number of carbonyl (C=O) groups excluding carboxylic acids is 1. The van der Waals surface area contributed by atoms with E-state index >= 15 is 0 Å². The summed E-state index contributed by atoms with van der Waals surface area (Å²) in [5, 5.41) is 6.27. The van der Waals surface area contributed by atoms with Crippen molar-refractivity contribution < 1.29 is 4.79 Å². The summed E-state index contributed by atoms with van der Waals surface area (Å²) in [5.74, 6) is 0.504. The second kappa shape index (κ2) is 4.88. The topological polar surface area (TPSA) is 41.1 Å². The van der Waals surface area contributed by atoms with Gasteiger partial charge in [-0.15, -0.1) is 0 Å². The smallest absolute Gasteiger partial charge is 0.241 e. The van der Waals surface area contributed by atoms with Crippen LogP contribution in [0.3, 0.4) is 0 Å². The molecule has 0 saturated carbocycles. The molecule has 0 radical (unpaired) electrons. The number of hydrogen-bond acceptors (Lipinski definition) is 2. The predicted molar refractivity (Wildman–Crippen MR) is 70.1 cm³/mol. The van der Waals surface area contributed by atoms with Crippen molar-refractivity contribution in [1.29, 1.82) is 0 Å². The first-order valence-corrected chi connectivity index (χ1v) is 6.20. The van der Waals surface area contributed by atoms with Gasteiger partial charge in [-0.3, -0.25) is 4.79 Å². The van der Waals surface area contributed by atoms with Gasteiger partial charge in [0.15, 0.2) is 0 Å². The number of rotatable bonds is 2. The summed E-state index contributed by atoms with van der Waals surface area (Å²) in [5.41, 5.74) is 3.28. The molecule has 0 aliphatic carbocycles. The minimum Gasteiger partial charge on any atom is -0.324 e. The molecule has 3 nitrogen and oxygen atoms in total. The Kier molecular flexibility index (Phi) is 3.48. The van der Waals surface area contributed by atoms with Crippen molar-refractivity contribution in [3.63, 3.8) is 0 Å². The molecule has 1 aliphatic rings. The van der Waals surface area contributed by atoms with Crippen LogP contribution in [0.4, 0.5) is 5.69 Å². The highest BCUT2D eigenvalue weighted by Gasteiger charge is 2.29. The molecular formula is C14H20N2O.